The largest absolute Gasteiger partial charge is 0.493 e. The highest BCUT2D eigenvalue weighted by molar-refractivity contribution is 5.93. The molecule has 3 rings (SSSR count). The first-order valence-corrected chi connectivity index (χ1v) is 6.99. The van der Waals surface area contributed by atoms with Crippen molar-refractivity contribution in [3.05, 3.63) is 60.6 Å². The highest BCUT2D eigenvalue weighted by Crippen LogP contribution is 2.28. The van der Waals surface area contributed by atoms with E-state index in [9.17, 15) is 0 Å². The quantitative estimate of drug-likeness (QED) is 0.575. The Hall–Kier alpha value is -2.62. The first kappa shape index (κ1) is 13.4. The van der Waals surface area contributed by atoms with Gasteiger partial charge in [-0.25, -0.2) is 0 Å². The summed E-state index contributed by atoms with van der Waals surface area (Å²) in [6.45, 7) is 0.663. The minimum Gasteiger partial charge on any atom is -0.493 e. The van der Waals surface area contributed by atoms with Crippen molar-refractivity contribution in [3.63, 3.8) is 0 Å². The lowest BCUT2D eigenvalue weighted by Crippen LogP contribution is -2.01. The molecule has 0 fully saturated rings. The molecule has 0 radical (unpaired) electrons. The number of anilines is 1. The minimum atomic E-state index is 0.663. The number of ether oxygens (including phenoxy) is 1. The maximum absolute atomic E-state index is 5.93. The Morgan fingerprint density at radius 1 is 1.00 bits per heavy atom. The lowest BCUT2D eigenvalue weighted by Gasteiger charge is -2.10. The van der Waals surface area contributed by atoms with E-state index in [0.29, 0.717) is 12.3 Å². The highest BCUT2D eigenvalue weighted by atomic mass is 16.5. The van der Waals surface area contributed by atoms with Crippen molar-refractivity contribution in [2.45, 2.75) is 12.8 Å². The van der Waals surface area contributed by atoms with E-state index in [4.69, 9.17) is 10.5 Å². The molecule has 0 aliphatic heterocycles. The third-order valence-electron chi connectivity index (χ3n) is 3.38. The summed E-state index contributed by atoms with van der Waals surface area (Å²) in [6, 6.07) is 11.7. The van der Waals surface area contributed by atoms with Gasteiger partial charge in [-0.2, -0.15) is 0 Å². The van der Waals surface area contributed by atoms with Gasteiger partial charge in [0.05, 0.1) is 17.8 Å². The first-order chi connectivity index (χ1) is 10.3. The average Bonchev–Trinajstić information content (AvgIpc) is 2.55. The van der Waals surface area contributed by atoms with Gasteiger partial charge in [0.15, 0.2) is 0 Å². The van der Waals surface area contributed by atoms with Crippen LogP contribution in [0.5, 0.6) is 5.75 Å². The molecule has 3 aromatic rings. The third kappa shape index (κ3) is 3.11. The van der Waals surface area contributed by atoms with Gasteiger partial charge in [0.25, 0.3) is 0 Å². The molecule has 0 unspecified atom stereocenters. The molecule has 0 amide bonds. The van der Waals surface area contributed by atoms with Gasteiger partial charge >= 0.3 is 0 Å². The summed E-state index contributed by atoms with van der Waals surface area (Å²) in [6.07, 6.45) is 7.31. The summed E-state index contributed by atoms with van der Waals surface area (Å²) in [5.74, 6) is 0.835. The predicted molar refractivity (Wildman–Crippen MR) is 84.2 cm³/mol. The van der Waals surface area contributed by atoms with E-state index in [1.54, 1.807) is 6.20 Å². The first-order valence-electron chi connectivity index (χ1n) is 6.99. The standard InChI is InChI=1S/C17H17N3O/c18-15-5-6-16(14-4-1-9-20-17(14)15)21-12-2-3-13-7-10-19-11-8-13/h1,4-11H,2-3,12,18H2. The summed E-state index contributed by atoms with van der Waals surface area (Å²) in [4.78, 5) is 8.32. The van der Waals surface area contributed by atoms with Gasteiger partial charge < -0.3 is 10.5 Å². The number of nitrogen functional groups attached to an aromatic ring is 1. The van der Waals surface area contributed by atoms with Crippen molar-refractivity contribution in [3.8, 4) is 5.75 Å². The molecule has 21 heavy (non-hydrogen) atoms. The Bertz CT molecular complexity index is 728. The van der Waals surface area contributed by atoms with Crippen LogP contribution in [0.2, 0.25) is 0 Å². The molecule has 106 valence electrons. The van der Waals surface area contributed by atoms with E-state index >= 15 is 0 Å². The summed E-state index contributed by atoms with van der Waals surface area (Å²) in [7, 11) is 0. The highest BCUT2D eigenvalue weighted by Gasteiger charge is 2.05. The smallest absolute Gasteiger partial charge is 0.128 e. The molecule has 0 spiro atoms. The number of hydrogen-bond donors (Lipinski definition) is 1. The summed E-state index contributed by atoms with van der Waals surface area (Å²) < 4.78 is 5.88. The normalized spacial score (nSPS) is 10.7. The molecule has 0 atom stereocenters. The van der Waals surface area contributed by atoms with Crippen LogP contribution in [0.25, 0.3) is 10.9 Å². The van der Waals surface area contributed by atoms with E-state index in [2.05, 4.69) is 9.97 Å². The van der Waals surface area contributed by atoms with Crippen LogP contribution in [0.3, 0.4) is 0 Å². The lowest BCUT2D eigenvalue weighted by atomic mass is 10.1. The molecule has 4 heteroatoms. The van der Waals surface area contributed by atoms with Crippen LogP contribution in [0, 0.1) is 0 Å². The average molecular weight is 279 g/mol. The molecule has 0 saturated carbocycles. The number of rotatable bonds is 5. The SMILES string of the molecule is Nc1ccc(OCCCc2ccncc2)c2cccnc12. The number of nitrogens with two attached hydrogens (primary N) is 1. The van der Waals surface area contributed by atoms with Gasteiger partial charge in [0, 0.05) is 24.0 Å². The van der Waals surface area contributed by atoms with Crippen LogP contribution in [-0.4, -0.2) is 16.6 Å². The van der Waals surface area contributed by atoms with E-state index in [0.717, 1.165) is 29.5 Å². The maximum Gasteiger partial charge on any atom is 0.128 e. The second kappa shape index (κ2) is 6.22. The Balaban J connectivity index is 1.65. The number of nitrogens with zero attached hydrogens (tertiary/aromatic N) is 2. The Kier molecular flexibility index (Phi) is 3.96. The van der Waals surface area contributed by atoms with Gasteiger partial charge in [0.1, 0.15) is 5.75 Å². The maximum atomic E-state index is 5.93. The predicted octanol–water partition coefficient (Wildman–Crippen LogP) is 3.22. The van der Waals surface area contributed by atoms with Crippen LogP contribution in [0.15, 0.2) is 55.0 Å². The molecule has 0 bridgehead atoms. The molecular formula is C17H17N3O. The second-order valence-electron chi connectivity index (χ2n) is 4.86. The minimum absolute atomic E-state index is 0.663. The van der Waals surface area contributed by atoms with Gasteiger partial charge in [-0.3, -0.25) is 9.97 Å². The van der Waals surface area contributed by atoms with E-state index < -0.39 is 0 Å². The molecule has 2 aromatic heterocycles. The van der Waals surface area contributed by atoms with Gasteiger partial charge in [-0.1, -0.05) is 0 Å². The summed E-state index contributed by atoms with van der Waals surface area (Å²) in [5, 5.41) is 0.960. The fraction of sp³-hybridized carbons (Fsp3) is 0.176. The molecular weight excluding hydrogens is 262 g/mol. The summed E-state index contributed by atoms with van der Waals surface area (Å²) in [5.41, 5.74) is 8.68. The monoisotopic (exact) mass is 279 g/mol. The zero-order valence-corrected chi connectivity index (χ0v) is 11.7. The Morgan fingerprint density at radius 3 is 2.71 bits per heavy atom. The molecule has 4 nitrogen and oxygen atoms in total. The number of aromatic nitrogens is 2. The fourth-order valence-corrected chi connectivity index (χ4v) is 2.30. The van der Waals surface area contributed by atoms with Crippen molar-refractivity contribution >= 4 is 16.6 Å². The van der Waals surface area contributed by atoms with Crippen LogP contribution in [0.4, 0.5) is 5.69 Å². The van der Waals surface area contributed by atoms with E-state index in [1.807, 2.05) is 48.8 Å². The van der Waals surface area contributed by atoms with Crippen LogP contribution in [0.1, 0.15) is 12.0 Å². The molecule has 2 N–H and O–H groups in total. The van der Waals surface area contributed by atoms with Crippen LogP contribution < -0.4 is 10.5 Å². The van der Waals surface area contributed by atoms with Crippen molar-refractivity contribution in [1.29, 1.82) is 0 Å². The van der Waals surface area contributed by atoms with Crippen molar-refractivity contribution < 1.29 is 4.74 Å². The van der Waals surface area contributed by atoms with Gasteiger partial charge in [-0.05, 0) is 54.8 Å². The number of aryl methyl sites for hydroxylation is 1. The Morgan fingerprint density at radius 2 is 1.86 bits per heavy atom. The van der Waals surface area contributed by atoms with Crippen LogP contribution in [-0.2, 0) is 6.42 Å². The number of hydrogen-bond acceptors (Lipinski definition) is 4. The second-order valence-corrected chi connectivity index (χ2v) is 4.86. The number of pyridine rings is 2. The zero-order chi connectivity index (χ0) is 14.5. The van der Waals surface area contributed by atoms with Crippen LogP contribution >= 0.6 is 0 Å². The van der Waals surface area contributed by atoms with Crippen molar-refractivity contribution in [2.24, 2.45) is 0 Å². The molecule has 0 aliphatic rings. The Labute approximate surface area is 123 Å². The fourth-order valence-electron chi connectivity index (χ4n) is 2.30. The lowest BCUT2D eigenvalue weighted by molar-refractivity contribution is 0.314. The number of fused-ring (bicyclic) bond motifs is 1. The van der Waals surface area contributed by atoms with E-state index in [1.165, 1.54) is 5.56 Å². The molecule has 0 aliphatic carbocycles. The molecule has 1 aromatic carbocycles. The third-order valence-corrected chi connectivity index (χ3v) is 3.38. The van der Waals surface area contributed by atoms with Crippen molar-refractivity contribution in [1.82, 2.24) is 9.97 Å². The van der Waals surface area contributed by atoms with E-state index in [-0.39, 0.29) is 0 Å². The van der Waals surface area contributed by atoms with Crippen molar-refractivity contribution in [2.75, 3.05) is 12.3 Å². The topological polar surface area (TPSA) is 61.0 Å². The summed E-state index contributed by atoms with van der Waals surface area (Å²) >= 11 is 0. The van der Waals surface area contributed by atoms with Gasteiger partial charge in [0.2, 0.25) is 0 Å². The number of benzene rings is 1. The molecule has 2 heterocycles. The van der Waals surface area contributed by atoms with Gasteiger partial charge in [-0.15, -0.1) is 0 Å². The zero-order valence-electron chi connectivity index (χ0n) is 11.7. The molecule has 0 saturated heterocycles.